The Bertz CT molecular complexity index is 602. The summed E-state index contributed by atoms with van der Waals surface area (Å²) in [7, 11) is 0. The Hall–Kier alpha value is -2.08. The Morgan fingerprint density at radius 1 is 1.44 bits per heavy atom. The average Bonchev–Trinajstić information content (AvgIpc) is 2.53. The molecule has 0 aliphatic heterocycles. The van der Waals surface area contributed by atoms with E-state index in [9.17, 15) is 4.79 Å². The van der Waals surface area contributed by atoms with Gasteiger partial charge >= 0.3 is 0 Å². The van der Waals surface area contributed by atoms with Crippen molar-refractivity contribution in [3.05, 3.63) is 35.5 Å². The number of carbonyl (C=O) groups excluding carboxylic acids is 1. The van der Waals surface area contributed by atoms with Crippen LogP contribution in [0.2, 0.25) is 0 Å². The quantitative estimate of drug-likeness (QED) is 0.729. The molecule has 0 atom stereocenters. The summed E-state index contributed by atoms with van der Waals surface area (Å²) in [5, 5.41) is 9.80. The van der Waals surface area contributed by atoms with Crippen LogP contribution >= 0.6 is 0 Å². The molecule has 80 valence electrons. The highest BCUT2D eigenvalue weighted by Crippen LogP contribution is 2.25. The van der Waals surface area contributed by atoms with E-state index in [0.717, 1.165) is 22.2 Å². The molecule has 3 nitrogen and oxygen atoms in total. The molecule has 1 heterocycles. The molecule has 1 aromatic carbocycles. The Morgan fingerprint density at radius 2 is 2.12 bits per heavy atom. The van der Waals surface area contributed by atoms with E-state index in [-0.39, 0.29) is 5.91 Å². The lowest BCUT2D eigenvalue weighted by Crippen LogP contribution is -2.07. The number of nitrogens with zero attached hydrogens (tertiary/aromatic N) is 2. The number of benzene rings is 1. The van der Waals surface area contributed by atoms with Crippen LogP contribution in [0.15, 0.2) is 24.3 Å². The summed E-state index contributed by atoms with van der Waals surface area (Å²) in [6.45, 7) is 3.42. The third-order valence-corrected chi connectivity index (χ3v) is 2.81. The number of hydrogen-bond acceptors (Lipinski definition) is 2. The number of aromatic nitrogens is 1. The van der Waals surface area contributed by atoms with Crippen molar-refractivity contribution >= 4 is 16.8 Å². The van der Waals surface area contributed by atoms with Gasteiger partial charge in [-0.05, 0) is 18.6 Å². The van der Waals surface area contributed by atoms with Crippen LogP contribution in [0.4, 0.5) is 0 Å². The molecule has 0 saturated carbocycles. The average molecular weight is 212 g/mol. The van der Waals surface area contributed by atoms with Gasteiger partial charge in [0.2, 0.25) is 5.91 Å². The molecule has 2 rings (SSSR count). The first-order valence-electron chi connectivity index (χ1n) is 5.13. The van der Waals surface area contributed by atoms with E-state index in [2.05, 4.69) is 6.07 Å². The Morgan fingerprint density at radius 3 is 2.75 bits per heavy atom. The van der Waals surface area contributed by atoms with Crippen LogP contribution in [0.3, 0.4) is 0 Å². The van der Waals surface area contributed by atoms with Crippen molar-refractivity contribution in [2.75, 3.05) is 0 Å². The minimum absolute atomic E-state index is 0.0158. The molecule has 0 saturated heterocycles. The highest BCUT2D eigenvalue weighted by Gasteiger charge is 2.15. The first kappa shape index (κ1) is 10.4. The second-order valence-corrected chi connectivity index (χ2v) is 3.77. The van der Waals surface area contributed by atoms with Crippen LogP contribution in [0, 0.1) is 18.3 Å². The van der Waals surface area contributed by atoms with Gasteiger partial charge in [0, 0.05) is 18.0 Å². The van der Waals surface area contributed by atoms with Crippen LogP contribution in [0.25, 0.3) is 10.9 Å². The molecule has 2 aromatic rings. The van der Waals surface area contributed by atoms with E-state index in [1.165, 1.54) is 6.92 Å². The van der Waals surface area contributed by atoms with Gasteiger partial charge in [-0.2, -0.15) is 5.26 Å². The molecular weight excluding hydrogens is 200 g/mol. The Kier molecular flexibility index (Phi) is 2.49. The van der Waals surface area contributed by atoms with Gasteiger partial charge < -0.3 is 0 Å². The van der Waals surface area contributed by atoms with Crippen molar-refractivity contribution in [1.29, 1.82) is 5.26 Å². The third kappa shape index (κ3) is 1.40. The van der Waals surface area contributed by atoms with Crippen molar-refractivity contribution < 1.29 is 4.79 Å². The minimum atomic E-state index is -0.0158. The SMILES string of the molecule is CC(=O)n1c(C)c(CC#N)c2ccccc21. The van der Waals surface area contributed by atoms with Crippen molar-refractivity contribution in [3.8, 4) is 6.07 Å². The molecule has 0 N–H and O–H groups in total. The molecule has 0 fully saturated rings. The summed E-state index contributed by atoms with van der Waals surface area (Å²) in [6.07, 6.45) is 0.340. The molecule has 0 aliphatic rings. The van der Waals surface area contributed by atoms with Crippen LogP contribution in [0.1, 0.15) is 23.0 Å². The fourth-order valence-electron chi connectivity index (χ4n) is 2.14. The van der Waals surface area contributed by atoms with E-state index in [1.54, 1.807) is 4.57 Å². The maximum atomic E-state index is 11.6. The lowest BCUT2D eigenvalue weighted by atomic mass is 10.1. The predicted molar refractivity (Wildman–Crippen MR) is 62.3 cm³/mol. The van der Waals surface area contributed by atoms with Crippen molar-refractivity contribution in [2.45, 2.75) is 20.3 Å². The van der Waals surface area contributed by atoms with Gasteiger partial charge in [-0.3, -0.25) is 9.36 Å². The second kappa shape index (κ2) is 3.82. The highest BCUT2D eigenvalue weighted by molar-refractivity contribution is 5.95. The topological polar surface area (TPSA) is 45.8 Å². The summed E-state index contributed by atoms with van der Waals surface area (Å²) >= 11 is 0. The number of rotatable bonds is 1. The molecule has 0 radical (unpaired) electrons. The Balaban J connectivity index is 2.86. The van der Waals surface area contributed by atoms with E-state index in [4.69, 9.17) is 5.26 Å². The van der Waals surface area contributed by atoms with Gasteiger partial charge in [0.15, 0.2) is 0 Å². The van der Waals surface area contributed by atoms with Gasteiger partial charge in [0.25, 0.3) is 0 Å². The van der Waals surface area contributed by atoms with Gasteiger partial charge in [-0.1, -0.05) is 18.2 Å². The lowest BCUT2D eigenvalue weighted by molar-refractivity contribution is 0.0939. The number of para-hydroxylation sites is 1. The summed E-state index contributed by atoms with van der Waals surface area (Å²) in [5.41, 5.74) is 2.71. The van der Waals surface area contributed by atoms with Gasteiger partial charge in [-0.15, -0.1) is 0 Å². The maximum Gasteiger partial charge on any atom is 0.228 e. The molecule has 3 heteroatoms. The van der Waals surface area contributed by atoms with E-state index >= 15 is 0 Å². The number of carbonyl (C=O) groups is 1. The fourth-order valence-corrected chi connectivity index (χ4v) is 2.14. The first-order chi connectivity index (χ1) is 7.66. The van der Waals surface area contributed by atoms with Crippen molar-refractivity contribution in [3.63, 3.8) is 0 Å². The zero-order valence-corrected chi connectivity index (χ0v) is 9.32. The summed E-state index contributed by atoms with van der Waals surface area (Å²) in [6, 6.07) is 9.83. The monoisotopic (exact) mass is 212 g/mol. The van der Waals surface area contributed by atoms with E-state index in [0.29, 0.717) is 6.42 Å². The van der Waals surface area contributed by atoms with Crippen LogP contribution in [0.5, 0.6) is 0 Å². The largest absolute Gasteiger partial charge is 0.284 e. The third-order valence-electron chi connectivity index (χ3n) is 2.81. The Labute approximate surface area is 93.9 Å². The van der Waals surface area contributed by atoms with Gasteiger partial charge in [0.1, 0.15) is 0 Å². The molecule has 0 bridgehead atoms. The maximum absolute atomic E-state index is 11.6. The van der Waals surface area contributed by atoms with E-state index in [1.807, 2.05) is 31.2 Å². The van der Waals surface area contributed by atoms with E-state index < -0.39 is 0 Å². The standard InChI is InChI=1S/C13H12N2O/c1-9-11(7-8-14)12-5-3-4-6-13(12)15(9)10(2)16/h3-6H,7H2,1-2H3. The number of nitriles is 1. The number of fused-ring (bicyclic) bond motifs is 1. The molecular formula is C13H12N2O. The molecule has 16 heavy (non-hydrogen) atoms. The summed E-state index contributed by atoms with van der Waals surface area (Å²) in [5.74, 6) is -0.0158. The minimum Gasteiger partial charge on any atom is -0.284 e. The molecule has 0 unspecified atom stereocenters. The summed E-state index contributed by atoms with van der Waals surface area (Å²) < 4.78 is 1.67. The summed E-state index contributed by atoms with van der Waals surface area (Å²) in [4.78, 5) is 11.6. The predicted octanol–water partition coefficient (Wildman–Crippen LogP) is 2.68. The van der Waals surface area contributed by atoms with Crippen LogP contribution in [-0.4, -0.2) is 10.5 Å². The smallest absolute Gasteiger partial charge is 0.228 e. The zero-order valence-electron chi connectivity index (χ0n) is 9.32. The van der Waals surface area contributed by atoms with Crippen LogP contribution < -0.4 is 0 Å². The molecule has 0 amide bonds. The van der Waals surface area contributed by atoms with Gasteiger partial charge in [0.05, 0.1) is 18.0 Å². The van der Waals surface area contributed by atoms with Crippen LogP contribution in [-0.2, 0) is 6.42 Å². The molecule has 0 spiro atoms. The van der Waals surface area contributed by atoms with Gasteiger partial charge in [-0.25, -0.2) is 0 Å². The molecule has 1 aromatic heterocycles. The second-order valence-electron chi connectivity index (χ2n) is 3.77. The lowest BCUT2D eigenvalue weighted by Gasteiger charge is -2.01. The fraction of sp³-hybridized carbons (Fsp3) is 0.231. The van der Waals surface area contributed by atoms with Crippen molar-refractivity contribution in [1.82, 2.24) is 4.57 Å². The molecule has 0 aliphatic carbocycles. The zero-order chi connectivity index (χ0) is 11.7. The highest BCUT2D eigenvalue weighted by atomic mass is 16.1. The normalized spacial score (nSPS) is 10.3. The first-order valence-corrected chi connectivity index (χ1v) is 5.13. The number of hydrogen-bond donors (Lipinski definition) is 0. The van der Waals surface area contributed by atoms with Crippen molar-refractivity contribution in [2.24, 2.45) is 0 Å².